The maximum absolute atomic E-state index is 11.6. The molecule has 3 rings (SSSR count). The van der Waals surface area contributed by atoms with E-state index in [9.17, 15) is 48.0 Å². The van der Waals surface area contributed by atoms with Crippen LogP contribution in [0.3, 0.4) is 0 Å². The van der Waals surface area contributed by atoms with E-state index in [0.717, 1.165) is 56.2 Å². The zero-order valence-corrected chi connectivity index (χ0v) is 26.5. The quantitative estimate of drug-likeness (QED) is 0.171. The molecule has 13 N–H and O–H groups in total. The van der Waals surface area contributed by atoms with Gasteiger partial charge in [0.05, 0.1) is 6.04 Å². The van der Waals surface area contributed by atoms with Gasteiger partial charge in [0.15, 0.2) is 4.96 Å². The molecule has 1 unspecified atom stereocenters. The largest absolute Gasteiger partial charge is 0.375 e. The van der Waals surface area contributed by atoms with Crippen LogP contribution in [0.15, 0.2) is 17.8 Å². The van der Waals surface area contributed by atoms with E-state index >= 15 is 0 Å². The van der Waals surface area contributed by atoms with Crippen molar-refractivity contribution in [2.75, 3.05) is 19.6 Å². The highest BCUT2D eigenvalue weighted by atomic mass is 32.1. The lowest BCUT2D eigenvalue weighted by molar-refractivity contribution is 0.0840. The van der Waals surface area contributed by atoms with E-state index in [0.29, 0.717) is 19.5 Å². The third kappa shape index (κ3) is 8.85. The number of imidazole rings is 1. The van der Waals surface area contributed by atoms with Crippen molar-refractivity contribution in [3.05, 3.63) is 23.5 Å². The van der Waals surface area contributed by atoms with Crippen molar-refractivity contribution in [1.82, 2.24) is 25.6 Å². The molecule has 2 aromatic rings. The zero-order chi connectivity index (χ0) is 32.0. The molecule has 1 saturated heterocycles. The van der Waals surface area contributed by atoms with Gasteiger partial charge in [0.2, 0.25) is 0 Å². The fourth-order valence-electron chi connectivity index (χ4n) is 4.07. The Labute approximate surface area is 244 Å². The molecule has 0 aliphatic carbocycles. The number of fused-ring (bicyclic) bond motifs is 1. The second kappa shape index (κ2) is 14.8. The molecular formula is C18H37N5O14P4S. The van der Waals surface area contributed by atoms with Gasteiger partial charge in [-0.05, 0) is 19.4 Å². The summed E-state index contributed by atoms with van der Waals surface area (Å²) in [4.78, 5) is 77.4. The fraction of sp³-hybridized carbons (Fsp3) is 0.722. The lowest BCUT2D eigenvalue weighted by Gasteiger charge is -2.37. The predicted molar refractivity (Wildman–Crippen MR) is 150 cm³/mol. The van der Waals surface area contributed by atoms with Gasteiger partial charge in [-0.3, -0.25) is 33.5 Å². The number of hydrogen-bond donors (Lipinski definition) is 13. The third-order valence-corrected chi connectivity index (χ3v) is 14.7. The van der Waals surface area contributed by atoms with Gasteiger partial charge in [-0.2, -0.15) is 0 Å². The van der Waals surface area contributed by atoms with E-state index < -0.39 is 52.3 Å². The Morgan fingerprint density at radius 3 is 1.86 bits per heavy atom. The molecule has 0 bridgehead atoms. The molecule has 0 saturated carbocycles. The Bertz CT molecular complexity index is 1260. The molecule has 1 aliphatic heterocycles. The van der Waals surface area contributed by atoms with Crippen molar-refractivity contribution in [3.8, 4) is 0 Å². The first-order valence-electron chi connectivity index (χ1n) is 12.5. The second-order valence-electron chi connectivity index (χ2n) is 9.50. The van der Waals surface area contributed by atoms with Crippen molar-refractivity contribution < 1.29 is 67.6 Å². The molecule has 24 heteroatoms. The summed E-state index contributed by atoms with van der Waals surface area (Å²) in [7, 11) is -22.1. The monoisotopic (exact) mass is 703 g/mol. The number of thiazole rings is 1. The van der Waals surface area contributed by atoms with Crippen LogP contribution in [0.1, 0.15) is 50.6 Å². The van der Waals surface area contributed by atoms with Gasteiger partial charge >= 0.3 is 35.5 Å². The minimum atomic E-state index is -5.54. The Morgan fingerprint density at radius 2 is 1.33 bits per heavy atom. The first-order valence-corrected chi connectivity index (χ1v) is 19.8. The molecule has 1 fully saturated rings. The highest BCUT2D eigenvalue weighted by Gasteiger charge is 2.64. The van der Waals surface area contributed by atoms with E-state index in [4.69, 9.17) is 19.6 Å². The van der Waals surface area contributed by atoms with Gasteiger partial charge in [0.25, 0.3) is 5.08 Å². The highest BCUT2D eigenvalue weighted by molar-refractivity contribution is 7.72. The first-order chi connectivity index (χ1) is 19.2. The Morgan fingerprint density at radius 1 is 0.786 bits per heavy atom. The van der Waals surface area contributed by atoms with Gasteiger partial charge in [-0.1, -0.05) is 32.1 Å². The van der Waals surface area contributed by atoms with Gasteiger partial charge in [-0.15, -0.1) is 11.3 Å². The molecule has 0 radical (unpaired) electrons. The summed E-state index contributed by atoms with van der Waals surface area (Å²) in [6.45, 7) is 1.80. The summed E-state index contributed by atoms with van der Waals surface area (Å²) >= 11 is 1.08. The van der Waals surface area contributed by atoms with Crippen molar-refractivity contribution in [3.63, 3.8) is 0 Å². The van der Waals surface area contributed by atoms with Crippen molar-refractivity contribution in [1.29, 1.82) is 0 Å². The van der Waals surface area contributed by atoms with E-state index in [2.05, 4.69) is 21.2 Å². The maximum atomic E-state index is 11.6. The molecule has 1 atom stereocenters. The van der Waals surface area contributed by atoms with E-state index in [1.165, 1.54) is 10.6 Å². The first kappa shape index (κ1) is 37.8. The Kier molecular flexibility index (Phi) is 13.3. The summed E-state index contributed by atoms with van der Waals surface area (Å²) in [5, 5.41) is 17.7. The van der Waals surface area contributed by atoms with Crippen molar-refractivity contribution in [2.24, 2.45) is 0 Å². The molecule has 3 heterocycles. The molecule has 0 aromatic carbocycles. The average Bonchev–Trinajstić information content (AvgIpc) is 3.45. The SMILES string of the molecule is O=P(O)(O)C(O)(C1CCCCCCCCNCCNN1)P(=O)(O)O.O=P(O)(O)C(O)(c1cn2ccsc2n1)P(=O)(O)O. The van der Waals surface area contributed by atoms with E-state index in [-0.39, 0.29) is 11.4 Å². The molecule has 19 nitrogen and oxygen atoms in total. The smallest absolute Gasteiger partial charge is 0.366 e. The molecule has 1 aliphatic rings. The molecule has 0 amide bonds. The van der Waals surface area contributed by atoms with Crippen LogP contribution < -0.4 is 16.2 Å². The van der Waals surface area contributed by atoms with Crippen LogP contribution in [-0.2, 0) is 23.3 Å². The number of hydrogen-bond acceptors (Lipinski definition) is 11. The van der Waals surface area contributed by atoms with Gasteiger partial charge < -0.3 is 54.7 Å². The zero-order valence-electron chi connectivity index (χ0n) is 22.1. The summed E-state index contributed by atoms with van der Waals surface area (Å²) in [5.41, 5.74) is 4.42. The maximum Gasteiger partial charge on any atom is 0.375 e. The van der Waals surface area contributed by atoms with Crippen molar-refractivity contribution >= 4 is 46.7 Å². The lowest BCUT2D eigenvalue weighted by Crippen LogP contribution is -2.55. The number of hydrazine groups is 1. The fourth-order valence-corrected chi connectivity index (χ4v) is 9.50. The average molecular weight is 703 g/mol. The Hall–Kier alpha value is -0.430. The van der Waals surface area contributed by atoms with Crippen LogP contribution in [0, 0.1) is 0 Å². The van der Waals surface area contributed by atoms with E-state index in [1.807, 2.05) is 0 Å². The number of rotatable bonds is 6. The van der Waals surface area contributed by atoms with Crippen molar-refractivity contribution in [2.45, 2.75) is 61.2 Å². The predicted octanol–water partition coefficient (Wildman–Crippen LogP) is -0.362. The van der Waals surface area contributed by atoms with Crippen LogP contribution in [0.25, 0.3) is 4.96 Å². The van der Waals surface area contributed by atoms with Gasteiger partial charge in [0.1, 0.15) is 5.69 Å². The van der Waals surface area contributed by atoms with E-state index in [1.54, 1.807) is 5.38 Å². The Balaban J connectivity index is 0.000000305. The molecule has 42 heavy (non-hydrogen) atoms. The number of nitrogens with one attached hydrogen (secondary N) is 3. The minimum Gasteiger partial charge on any atom is -0.366 e. The minimum absolute atomic E-state index is 0.0210. The van der Waals surface area contributed by atoms with Crippen LogP contribution in [0.2, 0.25) is 0 Å². The molecule has 0 spiro atoms. The molecular weight excluding hydrogens is 666 g/mol. The number of nitrogens with zero attached hydrogens (tertiary/aromatic N) is 2. The topological polar surface area (TPSA) is 324 Å². The van der Waals surface area contributed by atoms with Crippen LogP contribution >= 0.6 is 41.7 Å². The second-order valence-corrected chi connectivity index (χ2v) is 18.1. The number of aromatic nitrogens is 2. The molecule has 2 aromatic heterocycles. The van der Waals surface area contributed by atoms with Gasteiger partial charge in [-0.25, -0.2) is 4.98 Å². The lowest BCUT2D eigenvalue weighted by atomic mass is 10.1. The van der Waals surface area contributed by atoms with Crippen LogP contribution in [-0.4, -0.2) is 89.5 Å². The summed E-state index contributed by atoms with van der Waals surface area (Å²) < 4.78 is 47.0. The summed E-state index contributed by atoms with van der Waals surface area (Å²) in [6, 6.07) is -1.48. The third-order valence-electron chi connectivity index (χ3n) is 6.37. The number of aliphatic hydroxyl groups is 2. The molecule has 244 valence electrons. The normalized spacial score (nSPS) is 20.0. The highest BCUT2D eigenvalue weighted by Crippen LogP contribution is 2.72. The van der Waals surface area contributed by atoms with Crippen LogP contribution in [0.5, 0.6) is 0 Å². The standard InChI is InChI=1S/C12H29N3O7P2.C6H8N2O7P2S/c16-12(23(17,18)19,24(20,21)22)11-7-5-3-1-2-4-6-8-13-9-10-14-15-11;9-6(16(10,11)12,17(13,14)15)4-3-8-1-2-18-5(8)7-4/h11,13-16H,1-10H2,(H2,17,18,19)(H2,20,21,22);1-3,9H,(H2,10,11,12)(H2,13,14,15). The van der Waals surface area contributed by atoms with Crippen LogP contribution in [0.4, 0.5) is 0 Å². The summed E-state index contributed by atoms with van der Waals surface area (Å²) in [5.74, 6) is 0. The summed E-state index contributed by atoms with van der Waals surface area (Å²) in [6.07, 6.45) is 7.80. The van der Waals surface area contributed by atoms with Gasteiger partial charge in [0, 0.05) is 30.9 Å².